The number of aryl methyl sites for hydroxylation is 2. The highest BCUT2D eigenvalue weighted by atomic mass is 16.5. The van der Waals surface area contributed by atoms with Gasteiger partial charge in [0.2, 0.25) is 0 Å². The van der Waals surface area contributed by atoms with Crippen molar-refractivity contribution in [2.24, 2.45) is 7.05 Å². The minimum atomic E-state index is 0.783. The number of methoxy groups -OCH3 is 1. The fraction of sp³-hybridized carbons (Fsp3) is 0.467. The van der Waals surface area contributed by atoms with Gasteiger partial charge in [-0.1, -0.05) is 13.0 Å². The van der Waals surface area contributed by atoms with E-state index < -0.39 is 0 Å². The van der Waals surface area contributed by atoms with Crippen LogP contribution >= 0.6 is 0 Å². The molecule has 1 aromatic carbocycles. The molecule has 0 aliphatic rings. The van der Waals surface area contributed by atoms with E-state index in [0.717, 1.165) is 31.1 Å². The second kappa shape index (κ2) is 6.52. The van der Waals surface area contributed by atoms with E-state index in [-0.39, 0.29) is 0 Å². The van der Waals surface area contributed by atoms with E-state index in [1.54, 1.807) is 13.4 Å². The molecule has 0 aliphatic heterocycles. The maximum absolute atomic E-state index is 5.28. The molecule has 0 aliphatic carbocycles. The average Bonchev–Trinajstić information content (AvgIpc) is 2.84. The topological polar surface area (TPSA) is 43.2 Å². The van der Waals surface area contributed by atoms with E-state index in [2.05, 4.69) is 41.2 Å². The smallest absolute Gasteiger partial charge is 0.146 e. The molecule has 0 saturated carbocycles. The third kappa shape index (κ3) is 3.36. The Morgan fingerprint density at radius 2 is 2.05 bits per heavy atom. The van der Waals surface area contributed by atoms with E-state index >= 15 is 0 Å². The summed E-state index contributed by atoms with van der Waals surface area (Å²) < 4.78 is 7.23. The SMILES string of the molecule is CCc1cc(OC)ccc1CN(C)Cc1nncn1C. The van der Waals surface area contributed by atoms with Gasteiger partial charge in [-0.15, -0.1) is 10.2 Å². The Morgan fingerprint density at radius 1 is 1.25 bits per heavy atom. The Kier molecular flexibility index (Phi) is 4.74. The fourth-order valence-electron chi connectivity index (χ4n) is 2.25. The van der Waals surface area contributed by atoms with Gasteiger partial charge in [-0.2, -0.15) is 0 Å². The largest absolute Gasteiger partial charge is 0.497 e. The van der Waals surface area contributed by atoms with Crippen molar-refractivity contribution in [1.29, 1.82) is 0 Å². The van der Waals surface area contributed by atoms with E-state index in [0.29, 0.717) is 0 Å². The Hall–Kier alpha value is -1.88. The molecule has 0 radical (unpaired) electrons. The summed E-state index contributed by atoms with van der Waals surface area (Å²) >= 11 is 0. The monoisotopic (exact) mass is 274 g/mol. The number of benzene rings is 1. The van der Waals surface area contributed by atoms with E-state index in [1.807, 2.05) is 17.7 Å². The van der Waals surface area contributed by atoms with Crippen LogP contribution in [0.4, 0.5) is 0 Å². The highest BCUT2D eigenvalue weighted by Crippen LogP contribution is 2.19. The predicted molar refractivity (Wildman–Crippen MR) is 78.5 cm³/mol. The second-order valence-electron chi connectivity index (χ2n) is 5.02. The highest BCUT2D eigenvalue weighted by Gasteiger charge is 2.09. The number of hydrogen-bond donors (Lipinski definition) is 0. The number of hydrogen-bond acceptors (Lipinski definition) is 4. The van der Waals surface area contributed by atoms with Crippen LogP contribution in [-0.2, 0) is 26.6 Å². The Labute approximate surface area is 120 Å². The third-order valence-electron chi connectivity index (χ3n) is 3.45. The molecule has 0 bridgehead atoms. The van der Waals surface area contributed by atoms with Crippen molar-refractivity contribution in [1.82, 2.24) is 19.7 Å². The van der Waals surface area contributed by atoms with Crippen LogP contribution in [0.3, 0.4) is 0 Å². The van der Waals surface area contributed by atoms with Gasteiger partial charge in [-0.05, 0) is 36.7 Å². The summed E-state index contributed by atoms with van der Waals surface area (Å²) in [5.41, 5.74) is 2.66. The molecule has 0 unspecified atom stereocenters. The number of rotatable bonds is 6. The van der Waals surface area contributed by atoms with Crippen LogP contribution in [-0.4, -0.2) is 33.8 Å². The zero-order valence-corrected chi connectivity index (χ0v) is 12.6. The van der Waals surface area contributed by atoms with E-state index in [1.165, 1.54) is 11.1 Å². The fourth-order valence-corrected chi connectivity index (χ4v) is 2.25. The van der Waals surface area contributed by atoms with Crippen LogP contribution in [0.2, 0.25) is 0 Å². The molecule has 1 aromatic heterocycles. The van der Waals surface area contributed by atoms with Gasteiger partial charge in [0.25, 0.3) is 0 Å². The number of nitrogens with zero attached hydrogens (tertiary/aromatic N) is 4. The lowest BCUT2D eigenvalue weighted by Gasteiger charge is -2.18. The molecule has 2 aromatic rings. The van der Waals surface area contributed by atoms with Gasteiger partial charge in [0.15, 0.2) is 0 Å². The minimum Gasteiger partial charge on any atom is -0.497 e. The van der Waals surface area contributed by atoms with Crippen molar-refractivity contribution in [3.8, 4) is 5.75 Å². The Balaban J connectivity index is 2.07. The standard InChI is InChI=1S/C15H22N4O/c1-5-12-8-14(20-4)7-6-13(12)9-18(2)10-15-17-16-11-19(15)3/h6-8,11H,5,9-10H2,1-4H3. The first-order valence-electron chi connectivity index (χ1n) is 6.81. The van der Waals surface area contributed by atoms with Gasteiger partial charge < -0.3 is 9.30 Å². The van der Waals surface area contributed by atoms with E-state index in [9.17, 15) is 0 Å². The van der Waals surface area contributed by atoms with Crippen molar-refractivity contribution in [2.75, 3.05) is 14.2 Å². The maximum Gasteiger partial charge on any atom is 0.146 e. The summed E-state index contributed by atoms with van der Waals surface area (Å²) in [6.07, 6.45) is 2.73. The Bertz CT molecular complexity index is 565. The zero-order chi connectivity index (χ0) is 14.5. The van der Waals surface area contributed by atoms with Gasteiger partial charge >= 0.3 is 0 Å². The molecule has 2 rings (SSSR count). The molecule has 0 N–H and O–H groups in total. The van der Waals surface area contributed by atoms with Crippen LogP contribution in [0, 0.1) is 0 Å². The summed E-state index contributed by atoms with van der Waals surface area (Å²) in [5.74, 6) is 1.89. The molecule has 5 nitrogen and oxygen atoms in total. The predicted octanol–water partition coefficient (Wildman–Crippen LogP) is 2.02. The van der Waals surface area contributed by atoms with Crippen molar-refractivity contribution in [2.45, 2.75) is 26.4 Å². The van der Waals surface area contributed by atoms with Gasteiger partial charge in [0.1, 0.15) is 17.9 Å². The lowest BCUT2D eigenvalue weighted by atomic mass is 10.0. The lowest BCUT2D eigenvalue weighted by molar-refractivity contribution is 0.305. The number of aromatic nitrogens is 3. The normalized spacial score (nSPS) is 11.1. The first-order chi connectivity index (χ1) is 9.63. The first-order valence-corrected chi connectivity index (χ1v) is 6.81. The van der Waals surface area contributed by atoms with Crippen LogP contribution in [0.15, 0.2) is 24.5 Å². The van der Waals surface area contributed by atoms with Crippen molar-refractivity contribution in [3.05, 3.63) is 41.5 Å². The third-order valence-corrected chi connectivity index (χ3v) is 3.45. The van der Waals surface area contributed by atoms with Crippen LogP contribution in [0.5, 0.6) is 5.75 Å². The summed E-state index contributed by atoms with van der Waals surface area (Å²) in [4.78, 5) is 2.24. The second-order valence-corrected chi connectivity index (χ2v) is 5.02. The van der Waals surface area contributed by atoms with Crippen molar-refractivity contribution < 1.29 is 4.74 Å². The zero-order valence-electron chi connectivity index (χ0n) is 12.6. The minimum absolute atomic E-state index is 0.783. The Morgan fingerprint density at radius 3 is 2.65 bits per heavy atom. The average molecular weight is 274 g/mol. The maximum atomic E-state index is 5.28. The molecular formula is C15H22N4O. The molecule has 5 heteroatoms. The van der Waals surface area contributed by atoms with E-state index in [4.69, 9.17) is 4.74 Å². The van der Waals surface area contributed by atoms with Gasteiger partial charge in [0, 0.05) is 13.6 Å². The molecular weight excluding hydrogens is 252 g/mol. The molecule has 20 heavy (non-hydrogen) atoms. The highest BCUT2D eigenvalue weighted by molar-refractivity contribution is 5.35. The summed E-state index contributed by atoms with van der Waals surface area (Å²) in [5, 5.41) is 8.03. The van der Waals surface area contributed by atoms with Crippen molar-refractivity contribution >= 4 is 0 Å². The lowest BCUT2D eigenvalue weighted by Crippen LogP contribution is -2.20. The summed E-state index contributed by atoms with van der Waals surface area (Å²) in [7, 11) is 5.76. The summed E-state index contributed by atoms with van der Waals surface area (Å²) in [6.45, 7) is 3.84. The van der Waals surface area contributed by atoms with Gasteiger partial charge in [-0.3, -0.25) is 4.90 Å². The van der Waals surface area contributed by atoms with Crippen molar-refractivity contribution in [3.63, 3.8) is 0 Å². The molecule has 0 saturated heterocycles. The van der Waals surface area contributed by atoms with Gasteiger partial charge in [-0.25, -0.2) is 0 Å². The summed E-state index contributed by atoms with van der Waals surface area (Å²) in [6, 6.07) is 6.28. The molecule has 0 spiro atoms. The molecule has 1 heterocycles. The number of ether oxygens (including phenoxy) is 1. The molecule has 0 atom stereocenters. The van der Waals surface area contributed by atoms with Gasteiger partial charge in [0.05, 0.1) is 13.7 Å². The molecule has 108 valence electrons. The van der Waals surface area contributed by atoms with Crippen LogP contribution in [0.25, 0.3) is 0 Å². The quantitative estimate of drug-likeness (QED) is 0.808. The first kappa shape index (κ1) is 14.5. The van der Waals surface area contributed by atoms with Crippen LogP contribution in [0.1, 0.15) is 23.9 Å². The molecule has 0 fully saturated rings. The molecule has 0 amide bonds. The van der Waals surface area contributed by atoms with Crippen LogP contribution < -0.4 is 4.74 Å².